The normalized spacial score (nSPS) is 14.4. The minimum absolute atomic E-state index is 0.245. The number of aryl methyl sites for hydroxylation is 1. The lowest BCUT2D eigenvalue weighted by Crippen LogP contribution is -2.44. The molecule has 1 fully saturated rings. The first-order chi connectivity index (χ1) is 19.0. The summed E-state index contributed by atoms with van der Waals surface area (Å²) < 4.78 is 19.3. The van der Waals surface area contributed by atoms with Crippen molar-refractivity contribution in [3.05, 3.63) is 77.6 Å². The Morgan fingerprint density at radius 1 is 1.03 bits per heavy atom. The third-order valence-corrected chi connectivity index (χ3v) is 7.19. The van der Waals surface area contributed by atoms with Crippen LogP contribution in [0.25, 0.3) is 27.9 Å². The number of allylic oxidation sites excluding steroid dienone is 1. The number of pyridine rings is 1. The van der Waals surface area contributed by atoms with Crippen LogP contribution in [-0.4, -0.2) is 67.0 Å². The minimum atomic E-state index is -0.334. The summed E-state index contributed by atoms with van der Waals surface area (Å²) in [4.78, 5) is 31.8. The van der Waals surface area contributed by atoms with Crippen LogP contribution >= 0.6 is 0 Å². The molecule has 0 amide bonds. The molecule has 1 saturated heterocycles. The fraction of sp³-hybridized carbons (Fsp3) is 0.286. The smallest absolute Gasteiger partial charge is 0.278 e. The van der Waals surface area contributed by atoms with Gasteiger partial charge in [0.15, 0.2) is 11.5 Å². The van der Waals surface area contributed by atoms with Crippen LogP contribution in [-0.2, 0) is 13.1 Å². The van der Waals surface area contributed by atoms with Crippen molar-refractivity contribution >= 4 is 39.4 Å². The molecule has 1 aliphatic rings. The first-order valence-electron chi connectivity index (χ1n) is 13.0. The van der Waals surface area contributed by atoms with Crippen molar-refractivity contribution in [3.63, 3.8) is 0 Å². The maximum atomic E-state index is 14.4. The van der Waals surface area contributed by atoms with Crippen molar-refractivity contribution in [1.29, 1.82) is 0 Å². The van der Waals surface area contributed by atoms with Gasteiger partial charge < -0.3 is 19.7 Å². The van der Waals surface area contributed by atoms with Crippen LogP contribution in [0.5, 0.6) is 0 Å². The standard InChI is InChI=1S/C28H30FN9O/c1-4-12-37-27(39)22-17-30-28(31-19-6-8-20(9-7-19)36-15-13-34(3)14-16-36)33-26(22)38(37)24-11-10-21-23(29)18-35(5-2)25(21)32-24/h4,6-11,17-18H,1,5,12-16H2,2-3H3,(H,30,31,33). The number of nitrogens with one attached hydrogen (secondary N) is 1. The second-order valence-corrected chi connectivity index (χ2v) is 9.68. The number of piperazine rings is 1. The van der Waals surface area contributed by atoms with Crippen molar-refractivity contribution in [2.24, 2.45) is 0 Å². The molecule has 0 atom stereocenters. The Morgan fingerprint density at radius 2 is 1.79 bits per heavy atom. The molecule has 0 bridgehead atoms. The third-order valence-electron chi connectivity index (χ3n) is 7.19. The average molecular weight is 528 g/mol. The van der Waals surface area contributed by atoms with Crippen LogP contribution in [0.2, 0.25) is 0 Å². The molecule has 0 radical (unpaired) electrons. The number of aromatic nitrogens is 6. The maximum absolute atomic E-state index is 14.4. The largest absolute Gasteiger partial charge is 0.369 e. The zero-order chi connectivity index (χ0) is 27.1. The van der Waals surface area contributed by atoms with Crippen LogP contribution in [0, 0.1) is 5.82 Å². The molecule has 11 heteroatoms. The predicted octanol–water partition coefficient (Wildman–Crippen LogP) is 3.77. The van der Waals surface area contributed by atoms with Crippen molar-refractivity contribution in [3.8, 4) is 5.82 Å². The predicted molar refractivity (Wildman–Crippen MR) is 152 cm³/mol. The zero-order valence-electron chi connectivity index (χ0n) is 22.0. The lowest BCUT2D eigenvalue weighted by molar-refractivity contribution is 0.313. The summed E-state index contributed by atoms with van der Waals surface area (Å²) in [5, 5.41) is 4.03. The van der Waals surface area contributed by atoms with Crippen molar-refractivity contribution in [2.75, 3.05) is 43.4 Å². The molecule has 5 aromatic rings. The molecule has 1 N–H and O–H groups in total. The van der Waals surface area contributed by atoms with E-state index in [-0.39, 0.29) is 17.9 Å². The Bertz CT molecular complexity index is 1730. The summed E-state index contributed by atoms with van der Waals surface area (Å²) in [5.41, 5.74) is 2.65. The van der Waals surface area contributed by atoms with E-state index in [1.165, 1.54) is 22.8 Å². The van der Waals surface area contributed by atoms with Gasteiger partial charge in [0.25, 0.3) is 5.56 Å². The number of halogens is 1. The number of rotatable bonds is 7. The zero-order valence-corrected chi connectivity index (χ0v) is 22.0. The van der Waals surface area contributed by atoms with Gasteiger partial charge in [-0.05, 0) is 50.4 Å². The molecule has 0 spiro atoms. The number of fused-ring (bicyclic) bond motifs is 2. The third kappa shape index (κ3) is 4.44. The van der Waals surface area contributed by atoms with Gasteiger partial charge in [0.2, 0.25) is 5.95 Å². The summed E-state index contributed by atoms with van der Waals surface area (Å²) in [6.07, 6.45) is 4.60. The van der Waals surface area contributed by atoms with Gasteiger partial charge in [-0.3, -0.25) is 4.79 Å². The molecule has 0 unspecified atom stereocenters. The lowest BCUT2D eigenvalue weighted by atomic mass is 10.2. The van der Waals surface area contributed by atoms with Gasteiger partial charge >= 0.3 is 0 Å². The highest BCUT2D eigenvalue weighted by molar-refractivity contribution is 5.80. The molecule has 0 saturated carbocycles. The minimum Gasteiger partial charge on any atom is -0.369 e. The molecule has 5 heterocycles. The Morgan fingerprint density at radius 3 is 2.51 bits per heavy atom. The van der Waals surface area contributed by atoms with Gasteiger partial charge in [-0.15, -0.1) is 6.58 Å². The van der Waals surface area contributed by atoms with Crippen molar-refractivity contribution in [1.82, 2.24) is 33.8 Å². The summed E-state index contributed by atoms with van der Waals surface area (Å²) >= 11 is 0. The van der Waals surface area contributed by atoms with E-state index in [9.17, 15) is 9.18 Å². The Balaban J connectivity index is 1.38. The Hall–Kier alpha value is -4.51. The van der Waals surface area contributed by atoms with E-state index in [1.807, 2.05) is 19.1 Å². The molecule has 39 heavy (non-hydrogen) atoms. The van der Waals surface area contributed by atoms with E-state index >= 15 is 0 Å². The van der Waals surface area contributed by atoms with Crippen molar-refractivity contribution < 1.29 is 4.39 Å². The number of likely N-dealkylation sites (N-methyl/N-ethyl adjacent to an activating group) is 1. The van der Waals surface area contributed by atoms with Crippen LogP contribution in [0.4, 0.5) is 21.7 Å². The highest BCUT2D eigenvalue weighted by Crippen LogP contribution is 2.24. The second kappa shape index (κ2) is 9.99. The van der Waals surface area contributed by atoms with Crippen LogP contribution in [0.3, 0.4) is 0 Å². The van der Waals surface area contributed by atoms with Crippen LogP contribution in [0.15, 0.2) is 66.2 Å². The molecule has 1 aromatic carbocycles. The van der Waals surface area contributed by atoms with Gasteiger partial charge in [-0.1, -0.05) is 6.08 Å². The Labute approximate surface area is 224 Å². The molecule has 0 aliphatic carbocycles. The molecule has 4 aromatic heterocycles. The number of nitrogens with zero attached hydrogens (tertiary/aromatic N) is 8. The molecule has 6 rings (SSSR count). The quantitative estimate of drug-likeness (QED) is 0.322. The lowest BCUT2D eigenvalue weighted by Gasteiger charge is -2.34. The SMILES string of the molecule is C=CCn1c(=O)c2cnc(Nc3ccc(N4CCN(C)CC4)cc3)nc2n1-c1ccc2c(F)cn(CC)c2n1. The van der Waals surface area contributed by atoms with E-state index in [1.54, 1.807) is 27.5 Å². The van der Waals surface area contributed by atoms with Gasteiger partial charge in [-0.25, -0.2) is 23.7 Å². The van der Waals surface area contributed by atoms with E-state index in [4.69, 9.17) is 9.97 Å². The van der Waals surface area contributed by atoms with Gasteiger partial charge in [0.05, 0.1) is 11.9 Å². The summed E-state index contributed by atoms with van der Waals surface area (Å²) in [6, 6.07) is 11.5. The van der Waals surface area contributed by atoms with E-state index < -0.39 is 0 Å². The van der Waals surface area contributed by atoms with Gasteiger partial charge in [0, 0.05) is 56.5 Å². The second-order valence-electron chi connectivity index (χ2n) is 9.68. The number of benzene rings is 1. The van der Waals surface area contributed by atoms with E-state index in [0.29, 0.717) is 40.4 Å². The first-order valence-corrected chi connectivity index (χ1v) is 13.0. The summed E-state index contributed by atoms with van der Waals surface area (Å²) in [6.45, 7) is 10.6. The topological polar surface area (TPSA) is 89.0 Å². The Kier molecular flexibility index (Phi) is 6.35. The first kappa shape index (κ1) is 24.8. The highest BCUT2D eigenvalue weighted by atomic mass is 19.1. The molecule has 10 nitrogen and oxygen atoms in total. The molecule has 1 aliphatic heterocycles. The monoisotopic (exact) mass is 527 g/mol. The van der Waals surface area contributed by atoms with Crippen LogP contribution in [0.1, 0.15) is 6.92 Å². The number of anilines is 3. The van der Waals surface area contributed by atoms with Gasteiger partial charge in [-0.2, -0.15) is 4.98 Å². The summed E-state index contributed by atoms with van der Waals surface area (Å²) in [5.74, 6) is 0.466. The van der Waals surface area contributed by atoms with Crippen LogP contribution < -0.4 is 15.8 Å². The number of hydrogen-bond acceptors (Lipinski definition) is 7. The molecular formula is C28H30FN9O. The average Bonchev–Trinajstić information content (AvgIpc) is 3.42. The molecular weight excluding hydrogens is 497 g/mol. The van der Waals surface area contributed by atoms with E-state index in [2.05, 4.69) is 45.9 Å². The maximum Gasteiger partial charge on any atom is 0.278 e. The van der Waals surface area contributed by atoms with Gasteiger partial charge in [0.1, 0.15) is 16.9 Å². The fourth-order valence-corrected chi connectivity index (χ4v) is 5.03. The highest BCUT2D eigenvalue weighted by Gasteiger charge is 2.20. The van der Waals surface area contributed by atoms with E-state index in [0.717, 1.165) is 31.9 Å². The number of hydrogen-bond donors (Lipinski definition) is 1. The fourth-order valence-electron chi connectivity index (χ4n) is 5.03. The summed E-state index contributed by atoms with van der Waals surface area (Å²) in [7, 11) is 2.14. The van der Waals surface area contributed by atoms with Crippen molar-refractivity contribution in [2.45, 2.75) is 20.0 Å². The molecule has 200 valence electrons.